The second-order valence-corrected chi connectivity index (χ2v) is 8.18. The summed E-state index contributed by atoms with van der Waals surface area (Å²) in [6.07, 6.45) is 5.04. The van der Waals surface area contributed by atoms with Crippen molar-refractivity contribution in [2.24, 2.45) is 0 Å². The molecule has 1 aromatic carbocycles. The Labute approximate surface area is 186 Å². The Hall–Kier alpha value is -2.85. The van der Waals surface area contributed by atoms with Crippen molar-refractivity contribution in [2.75, 3.05) is 31.1 Å². The van der Waals surface area contributed by atoms with Crippen molar-refractivity contribution in [2.45, 2.75) is 6.54 Å². The quantitative estimate of drug-likeness (QED) is 0.450. The first-order valence-electron chi connectivity index (χ1n) is 9.37. The Morgan fingerprint density at radius 3 is 2.60 bits per heavy atom. The van der Waals surface area contributed by atoms with Gasteiger partial charge in [0, 0.05) is 50.7 Å². The van der Waals surface area contributed by atoms with Gasteiger partial charge in [0.15, 0.2) is 4.77 Å². The number of H-pyrrole nitrogens is 1. The van der Waals surface area contributed by atoms with Gasteiger partial charge in [-0.05, 0) is 46.3 Å². The highest BCUT2D eigenvalue weighted by Gasteiger charge is 2.24. The molecule has 1 aliphatic heterocycles. The largest absolute Gasteiger partial charge is 0.337 e. The Balaban J connectivity index is 1.53. The number of aromatic amines is 1. The molecule has 0 radical (unpaired) electrons. The minimum atomic E-state index is -0.198. The molecule has 30 heavy (non-hydrogen) atoms. The zero-order chi connectivity index (χ0) is 21.3. The number of carbonyl (C=O) groups is 1. The normalized spacial score (nSPS) is 14.2. The molecule has 3 heterocycles. The standard InChI is InChI=1S/C20H19BrN6O2S/c1-2-5-27-18(29)15-4-3-13(10-16(15)24-20(27)30)17(28)25-6-8-26(9-7-25)19-22-11-14(21)12-23-19/h2-4,10-12H,1,5-9H2,(H,24,30). The molecule has 0 spiro atoms. The number of anilines is 1. The van der Waals surface area contributed by atoms with Gasteiger partial charge in [0.25, 0.3) is 11.5 Å². The predicted octanol–water partition coefficient (Wildman–Crippen LogP) is 2.76. The third-order valence-electron chi connectivity index (χ3n) is 5.00. The van der Waals surface area contributed by atoms with Crippen molar-refractivity contribution in [1.29, 1.82) is 0 Å². The summed E-state index contributed by atoms with van der Waals surface area (Å²) in [5.74, 6) is 0.572. The van der Waals surface area contributed by atoms with E-state index in [9.17, 15) is 9.59 Å². The third-order valence-corrected chi connectivity index (χ3v) is 5.73. The first-order valence-corrected chi connectivity index (χ1v) is 10.6. The number of carbonyl (C=O) groups excluding carboxylic acids is 1. The van der Waals surface area contributed by atoms with Crippen LogP contribution < -0.4 is 10.5 Å². The van der Waals surface area contributed by atoms with Crippen LogP contribution in [0.1, 0.15) is 10.4 Å². The second kappa shape index (κ2) is 8.49. The maximum Gasteiger partial charge on any atom is 0.262 e. The number of nitrogens with one attached hydrogen (secondary N) is 1. The highest BCUT2D eigenvalue weighted by molar-refractivity contribution is 9.10. The number of nitrogens with zero attached hydrogens (tertiary/aromatic N) is 5. The molecule has 1 amide bonds. The molecule has 10 heteroatoms. The van der Waals surface area contributed by atoms with E-state index in [-0.39, 0.29) is 11.5 Å². The summed E-state index contributed by atoms with van der Waals surface area (Å²) in [5.41, 5.74) is 0.871. The highest BCUT2D eigenvalue weighted by atomic mass is 79.9. The van der Waals surface area contributed by atoms with E-state index in [1.807, 2.05) is 0 Å². The van der Waals surface area contributed by atoms with E-state index < -0.39 is 0 Å². The van der Waals surface area contributed by atoms with Crippen molar-refractivity contribution in [1.82, 2.24) is 24.4 Å². The van der Waals surface area contributed by atoms with Crippen molar-refractivity contribution >= 4 is 50.9 Å². The van der Waals surface area contributed by atoms with Gasteiger partial charge in [-0.3, -0.25) is 14.2 Å². The minimum Gasteiger partial charge on any atom is -0.337 e. The fraction of sp³-hybridized carbons (Fsp3) is 0.250. The number of hydrogen-bond acceptors (Lipinski definition) is 6. The number of benzene rings is 1. The van der Waals surface area contributed by atoms with Gasteiger partial charge in [0.2, 0.25) is 5.95 Å². The van der Waals surface area contributed by atoms with Gasteiger partial charge < -0.3 is 14.8 Å². The molecule has 0 atom stereocenters. The zero-order valence-corrected chi connectivity index (χ0v) is 18.4. The van der Waals surface area contributed by atoms with Gasteiger partial charge in [-0.2, -0.15) is 0 Å². The number of fused-ring (bicyclic) bond motifs is 1. The molecule has 1 fully saturated rings. The molecular formula is C20H19BrN6O2S. The van der Waals surface area contributed by atoms with Crippen LogP contribution in [0.2, 0.25) is 0 Å². The average molecular weight is 487 g/mol. The zero-order valence-electron chi connectivity index (χ0n) is 16.0. The van der Waals surface area contributed by atoms with Crippen LogP contribution in [0.25, 0.3) is 10.9 Å². The van der Waals surface area contributed by atoms with Gasteiger partial charge in [0.05, 0.1) is 15.4 Å². The van der Waals surface area contributed by atoms with Crippen LogP contribution in [0.3, 0.4) is 0 Å². The molecule has 1 aliphatic rings. The van der Waals surface area contributed by atoms with Gasteiger partial charge in [-0.25, -0.2) is 9.97 Å². The van der Waals surface area contributed by atoms with Crippen molar-refractivity contribution in [3.63, 3.8) is 0 Å². The second-order valence-electron chi connectivity index (χ2n) is 6.88. The lowest BCUT2D eigenvalue weighted by molar-refractivity contribution is 0.0746. The number of halogens is 1. The number of amides is 1. The molecule has 4 rings (SSSR count). The Kier molecular flexibility index (Phi) is 5.78. The smallest absolute Gasteiger partial charge is 0.262 e. The van der Waals surface area contributed by atoms with E-state index in [0.29, 0.717) is 59.9 Å². The topological polar surface area (TPSA) is 87.1 Å². The summed E-state index contributed by atoms with van der Waals surface area (Å²) in [6, 6.07) is 5.05. The molecule has 0 bridgehead atoms. The molecule has 0 saturated carbocycles. The predicted molar refractivity (Wildman–Crippen MR) is 121 cm³/mol. The van der Waals surface area contributed by atoms with Crippen LogP contribution in [-0.4, -0.2) is 56.5 Å². The van der Waals surface area contributed by atoms with E-state index in [0.717, 1.165) is 4.47 Å². The van der Waals surface area contributed by atoms with Crippen LogP contribution in [0, 0.1) is 4.77 Å². The molecule has 0 aliphatic carbocycles. The first kappa shape index (κ1) is 20.4. The van der Waals surface area contributed by atoms with Crippen LogP contribution >= 0.6 is 28.1 Å². The van der Waals surface area contributed by atoms with Gasteiger partial charge in [-0.1, -0.05) is 6.08 Å². The molecule has 1 saturated heterocycles. The third kappa shape index (κ3) is 3.92. The first-order chi connectivity index (χ1) is 14.5. The SMILES string of the molecule is C=CCn1c(=S)[nH]c2cc(C(=O)N3CCN(c4ncc(Br)cn4)CC3)ccc2c1=O. The minimum absolute atomic E-state index is 0.0807. The Morgan fingerprint density at radius 1 is 1.23 bits per heavy atom. The maximum absolute atomic E-state index is 13.0. The Bertz CT molecular complexity index is 1230. The molecule has 2 aromatic heterocycles. The van der Waals surface area contributed by atoms with E-state index >= 15 is 0 Å². The number of piperazine rings is 1. The molecule has 0 unspecified atom stereocenters. The molecule has 8 nitrogen and oxygen atoms in total. The van der Waals surface area contributed by atoms with Crippen molar-refractivity contribution in [3.05, 3.63) is 68.4 Å². The fourth-order valence-corrected chi connectivity index (χ4v) is 3.92. The van der Waals surface area contributed by atoms with Gasteiger partial charge >= 0.3 is 0 Å². The van der Waals surface area contributed by atoms with E-state index in [4.69, 9.17) is 12.2 Å². The molecule has 154 valence electrons. The van der Waals surface area contributed by atoms with E-state index in [1.54, 1.807) is 41.6 Å². The van der Waals surface area contributed by atoms with Gasteiger partial charge in [0.1, 0.15) is 0 Å². The number of hydrogen-bond donors (Lipinski definition) is 1. The van der Waals surface area contributed by atoms with Crippen LogP contribution in [0.15, 0.2) is 52.5 Å². The average Bonchev–Trinajstić information content (AvgIpc) is 2.76. The molecular weight excluding hydrogens is 468 g/mol. The summed E-state index contributed by atoms with van der Waals surface area (Å²) in [6.45, 7) is 6.41. The lowest BCUT2D eigenvalue weighted by atomic mass is 10.1. The number of allylic oxidation sites excluding steroid dienone is 1. The highest BCUT2D eigenvalue weighted by Crippen LogP contribution is 2.17. The molecule has 1 N–H and O–H groups in total. The summed E-state index contributed by atoms with van der Waals surface area (Å²) in [7, 11) is 0. The van der Waals surface area contributed by atoms with Crippen molar-refractivity contribution < 1.29 is 4.79 Å². The van der Waals surface area contributed by atoms with Crippen LogP contribution in [0.4, 0.5) is 5.95 Å². The molecule has 3 aromatic rings. The maximum atomic E-state index is 13.0. The summed E-state index contributed by atoms with van der Waals surface area (Å²) in [4.78, 5) is 41.2. The van der Waals surface area contributed by atoms with Crippen molar-refractivity contribution in [3.8, 4) is 0 Å². The van der Waals surface area contributed by atoms with Gasteiger partial charge in [-0.15, -0.1) is 6.58 Å². The Morgan fingerprint density at radius 2 is 1.93 bits per heavy atom. The van der Waals surface area contributed by atoms with E-state index in [1.165, 1.54) is 4.57 Å². The monoisotopic (exact) mass is 486 g/mol. The fourth-order valence-electron chi connectivity index (χ4n) is 3.44. The lowest BCUT2D eigenvalue weighted by Gasteiger charge is -2.34. The van der Waals surface area contributed by atoms with Crippen LogP contribution in [-0.2, 0) is 6.54 Å². The lowest BCUT2D eigenvalue weighted by Crippen LogP contribution is -2.49. The number of aromatic nitrogens is 4. The number of rotatable bonds is 4. The summed E-state index contributed by atoms with van der Waals surface area (Å²) in [5, 5.41) is 0.485. The summed E-state index contributed by atoms with van der Waals surface area (Å²) < 4.78 is 2.57. The van der Waals surface area contributed by atoms with Crippen LogP contribution in [0.5, 0.6) is 0 Å². The van der Waals surface area contributed by atoms with E-state index in [2.05, 4.69) is 42.4 Å². The summed E-state index contributed by atoms with van der Waals surface area (Å²) >= 11 is 8.61.